The number of nitrogens with one attached hydrogen (secondary N) is 2. The van der Waals surface area contributed by atoms with Crippen LogP contribution >= 0.6 is 27.3 Å². The summed E-state index contributed by atoms with van der Waals surface area (Å²) in [6.45, 7) is 7.39. The lowest BCUT2D eigenvalue weighted by Crippen LogP contribution is -2.29. The molecule has 3 N–H and O–H groups in total. The number of halogens is 1. The fourth-order valence-electron chi connectivity index (χ4n) is 1.30. The summed E-state index contributed by atoms with van der Waals surface area (Å²) in [4.78, 5) is 23.5. The molecule has 0 radical (unpaired) electrons. The number of anilines is 1. The van der Waals surface area contributed by atoms with Crippen LogP contribution in [0.1, 0.15) is 20.8 Å². The second-order valence-corrected chi connectivity index (χ2v) is 5.96. The van der Waals surface area contributed by atoms with Crippen molar-refractivity contribution in [2.45, 2.75) is 13.8 Å². The fraction of sp³-hybridized carbons (Fsp3) is 0.273. The van der Waals surface area contributed by atoms with Crippen LogP contribution in [0.2, 0.25) is 0 Å². The normalized spacial score (nSPS) is 9.94. The summed E-state index contributed by atoms with van der Waals surface area (Å²) < 4.78 is 0.634. The molecule has 5 nitrogen and oxygen atoms in total. The van der Waals surface area contributed by atoms with E-state index in [1.54, 1.807) is 6.92 Å². The van der Waals surface area contributed by atoms with Gasteiger partial charge in [0.2, 0.25) is 0 Å². The van der Waals surface area contributed by atoms with Crippen molar-refractivity contribution in [1.82, 2.24) is 5.32 Å². The molecule has 2 amide bonds. The highest BCUT2D eigenvalue weighted by atomic mass is 79.9. The van der Waals surface area contributed by atoms with E-state index in [1.807, 2.05) is 6.92 Å². The van der Waals surface area contributed by atoms with Crippen molar-refractivity contribution < 1.29 is 14.7 Å². The van der Waals surface area contributed by atoms with Gasteiger partial charge in [0.25, 0.3) is 0 Å². The Morgan fingerprint density at radius 3 is 2.56 bits per heavy atom. The summed E-state index contributed by atoms with van der Waals surface area (Å²) in [7, 11) is 0. The number of aryl methyl sites for hydroxylation is 1. The molecule has 0 aliphatic carbocycles. The van der Waals surface area contributed by atoms with E-state index in [2.05, 4.69) is 33.1 Å². The Balaban J connectivity index is 2.84. The van der Waals surface area contributed by atoms with Crippen LogP contribution in [0, 0.1) is 13.8 Å². The molecule has 7 heteroatoms. The van der Waals surface area contributed by atoms with Gasteiger partial charge in [-0.1, -0.05) is 22.5 Å². The maximum absolute atomic E-state index is 11.5. The first kappa shape index (κ1) is 14.7. The number of hydrogen-bond donors (Lipinski definition) is 3. The standard InChI is InChI=1S/C11H13BrN2O3S/c1-5(12)4-13-11(17)14-9-8(10(15)16)6(2)7(3)18-9/h1,4H2,2-3H3,(H,15,16)(H2,13,14,17). The Labute approximate surface area is 117 Å². The molecule has 0 saturated carbocycles. The number of carbonyl (C=O) groups is 2. The first-order valence-electron chi connectivity index (χ1n) is 5.04. The van der Waals surface area contributed by atoms with Gasteiger partial charge in [0, 0.05) is 9.36 Å². The van der Waals surface area contributed by atoms with Crippen molar-refractivity contribution in [1.29, 1.82) is 0 Å². The zero-order valence-electron chi connectivity index (χ0n) is 9.96. The number of hydrogen-bond acceptors (Lipinski definition) is 3. The number of carboxylic acids is 1. The summed E-state index contributed by atoms with van der Waals surface area (Å²) in [6, 6.07) is -0.459. The highest BCUT2D eigenvalue weighted by molar-refractivity contribution is 9.11. The van der Waals surface area contributed by atoms with Gasteiger partial charge in [-0.25, -0.2) is 9.59 Å². The van der Waals surface area contributed by atoms with E-state index in [0.29, 0.717) is 15.0 Å². The Morgan fingerprint density at radius 2 is 2.06 bits per heavy atom. The van der Waals surface area contributed by atoms with Crippen LogP contribution in [0.4, 0.5) is 9.80 Å². The number of thiophene rings is 1. The van der Waals surface area contributed by atoms with Gasteiger partial charge in [0.15, 0.2) is 0 Å². The zero-order chi connectivity index (χ0) is 13.9. The molecule has 1 aromatic heterocycles. The lowest BCUT2D eigenvalue weighted by molar-refractivity contribution is 0.0697. The molecule has 0 aromatic carbocycles. The molecule has 0 spiro atoms. The van der Waals surface area contributed by atoms with Crippen LogP contribution in [0.25, 0.3) is 0 Å². The van der Waals surface area contributed by atoms with E-state index in [9.17, 15) is 9.59 Å². The van der Waals surface area contributed by atoms with Crippen LogP contribution in [0.3, 0.4) is 0 Å². The zero-order valence-corrected chi connectivity index (χ0v) is 12.4. The Morgan fingerprint density at radius 1 is 1.44 bits per heavy atom. The maximum atomic E-state index is 11.5. The van der Waals surface area contributed by atoms with Crippen LogP contribution < -0.4 is 10.6 Å². The summed E-state index contributed by atoms with van der Waals surface area (Å²) >= 11 is 4.36. The lowest BCUT2D eigenvalue weighted by Gasteiger charge is -2.06. The Kier molecular flexibility index (Phi) is 4.92. The third kappa shape index (κ3) is 3.58. The van der Waals surface area contributed by atoms with Crippen molar-refractivity contribution >= 4 is 44.3 Å². The highest BCUT2D eigenvalue weighted by Gasteiger charge is 2.20. The van der Waals surface area contributed by atoms with Gasteiger partial charge < -0.3 is 10.4 Å². The number of urea groups is 1. The van der Waals surface area contributed by atoms with E-state index in [0.717, 1.165) is 4.88 Å². The van der Waals surface area contributed by atoms with E-state index in [4.69, 9.17) is 5.11 Å². The number of rotatable bonds is 4. The first-order chi connectivity index (χ1) is 8.32. The smallest absolute Gasteiger partial charge is 0.338 e. The molecule has 0 aliphatic rings. The molecule has 0 aliphatic heterocycles. The predicted molar refractivity (Wildman–Crippen MR) is 75.8 cm³/mol. The predicted octanol–water partition coefficient (Wildman–Crippen LogP) is 3.09. The van der Waals surface area contributed by atoms with Gasteiger partial charge >= 0.3 is 12.0 Å². The summed E-state index contributed by atoms with van der Waals surface area (Å²) in [5.74, 6) is -1.04. The maximum Gasteiger partial charge on any atom is 0.338 e. The van der Waals surface area contributed by atoms with Crippen molar-refractivity contribution in [3.05, 3.63) is 27.1 Å². The minimum atomic E-state index is -1.04. The van der Waals surface area contributed by atoms with Crippen LogP contribution in [0.5, 0.6) is 0 Å². The average molecular weight is 333 g/mol. The lowest BCUT2D eigenvalue weighted by atomic mass is 10.1. The fourth-order valence-corrected chi connectivity index (χ4v) is 2.48. The quantitative estimate of drug-likeness (QED) is 0.792. The molecule has 0 atom stereocenters. The summed E-state index contributed by atoms with van der Waals surface area (Å²) in [5, 5.41) is 14.5. The third-order valence-corrected chi connectivity index (χ3v) is 3.67. The van der Waals surface area contributed by atoms with Crippen LogP contribution in [-0.4, -0.2) is 23.7 Å². The molecular formula is C11H13BrN2O3S. The second kappa shape index (κ2) is 6.01. The number of carbonyl (C=O) groups excluding carboxylic acids is 1. The van der Waals surface area contributed by atoms with Crippen molar-refractivity contribution in [2.75, 3.05) is 11.9 Å². The van der Waals surface area contributed by atoms with Gasteiger partial charge in [0.1, 0.15) is 5.00 Å². The second-order valence-electron chi connectivity index (χ2n) is 3.62. The number of carboxylic acid groups (broad SMARTS) is 1. The van der Waals surface area contributed by atoms with Crippen molar-refractivity contribution in [3.63, 3.8) is 0 Å². The molecule has 98 valence electrons. The number of aromatic carboxylic acids is 1. The monoisotopic (exact) mass is 332 g/mol. The van der Waals surface area contributed by atoms with Gasteiger partial charge in [-0.15, -0.1) is 11.3 Å². The van der Waals surface area contributed by atoms with Gasteiger partial charge in [-0.05, 0) is 19.4 Å². The van der Waals surface area contributed by atoms with Gasteiger partial charge in [-0.3, -0.25) is 5.32 Å². The first-order valence-corrected chi connectivity index (χ1v) is 6.65. The molecule has 1 aromatic rings. The van der Waals surface area contributed by atoms with Crippen LogP contribution in [-0.2, 0) is 0 Å². The Hall–Kier alpha value is -1.34. The van der Waals surface area contributed by atoms with Crippen molar-refractivity contribution in [2.24, 2.45) is 0 Å². The number of amides is 2. The SMILES string of the molecule is C=C(Br)CNC(=O)Nc1sc(C)c(C)c1C(=O)O. The van der Waals surface area contributed by atoms with E-state index in [-0.39, 0.29) is 12.1 Å². The highest BCUT2D eigenvalue weighted by Crippen LogP contribution is 2.32. The molecule has 0 bridgehead atoms. The Bertz CT molecular complexity index is 511. The summed E-state index contributed by atoms with van der Waals surface area (Å²) in [6.07, 6.45) is 0. The van der Waals surface area contributed by atoms with Gasteiger partial charge in [0.05, 0.1) is 12.1 Å². The van der Waals surface area contributed by atoms with E-state index < -0.39 is 12.0 Å². The molecule has 0 fully saturated rings. The minimum Gasteiger partial charge on any atom is -0.478 e. The third-order valence-electron chi connectivity index (χ3n) is 2.27. The van der Waals surface area contributed by atoms with Gasteiger partial charge in [-0.2, -0.15) is 0 Å². The summed E-state index contributed by atoms with van der Waals surface area (Å²) in [5.41, 5.74) is 0.818. The molecule has 0 unspecified atom stereocenters. The minimum absolute atomic E-state index is 0.144. The largest absolute Gasteiger partial charge is 0.478 e. The topological polar surface area (TPSA) is 78.4 Å². The molecule has 18 heavy (non-hydrogen) atoms. The molecule has 1 rings (SSSR count). The average Bonchev–Trinajstić information content (AvgIpc) is 2.51. The van der Waals surface area contributed by atoms with E-state index in [1.165, 1.54) is 11.3 Å². The van der Waals surface area contributed by atoms with Crippen LogP contribution in [0.15, 0.2) is 11.1 Å². The molecule has 0 saturated heterocycles. The molecular weight excluding hydrogens is 320 g/mol. The molecule has 1 heterocycles. The van der Waals surface area contributed by atoms with Crippen molar-refractivity contribution in [3.8, 4) is 0 Å². The van der Waals surface area contributed by atoms with E-state index >= 15 is 0 Å².